The highest BCUT2D eigenvalue weighted by Gasteiger charge is 2.51. The van der Waals surface area contributed by atoms with Crippen molar-refractivity contribution in [3.05, 3.63) is 35.4 Å². The molecule has 2 rings (SSSR count). The molecule has 1 aliphatic rings. The van der Waals surface area contributed by atoms with Gasteiger partial charge in [0.2, 0.25) is 0 Å². The average molecular weight is 341 g/mol. The van der Waals surface area contributed by atoms with Crippen LogP contribution in [-0.2, 0) is 15.1 Å². The molecular weight excluding hydrogens is 324 g/mol. The quantitative estimate of drug-likeness (QED) is 0.362. The lowest BCUT2D eigenvalue weighted by molar-refractivity contribution is -0.147. The largest absolute Gasteiger partial charge is 0.480 e. The highest BCUT2D eigenvalue weighted by molar-refractivity contribution is 6.09. The minimum Gasteiger partial charge on any atom is -0.480 e. The molecule has 124 valence electrons. The third kappa shape index (κ3) is 2.98. The number of amidine groups is 1. The topological polar surface area (TPSA) is 137 Å². The Kier molecular flexibility index (Phi) is 5.01. The van der Waals surface area contributed by atoms with Crippen molar-refractivity contribution in [3.63, 3.8) is 0 Å². The number of aliphatic carboxylic acids is 1. The molecule has 0 radical (unpaired) electrons. The second-order valence-electron chi connectivity index (χ2n) is 5.24. The lowest BCUT2D eigenvalue weighted by Gasteiger charge is -2.23. The van der Waals surface area contributed by atoms with Crippen molar-refractivity contribution in [2.24, 2.45) is 5.73 Å². The molecule has 1 aliphatic heterocycles. The first-order valence-corrected chi connectivity index (χ1v) is 6.52. The lowest BCUT2D eigenvalue weighted by atomic mass is 9.91. The number of halogens is 1. The van der Waals surface area contributed by atoms with Crippen molar-refractivity contribution < 1.29 is 19.5 Å². The van der Waals surface area contributed by atoms with Gasteiger partial charge in [-0.2, -0.15) is 0 Å². The molecule has 1 heterocycles. The Hall–Kier alpha value is -2.61. The Balaban J connectivity index is 0.00000264. The maximum absolute atomic E-state index is 12.5. The first-order chi connectivity index (χ1) is 10.2. The van der Waals surface area contributed by atoms with Gasteiger partial charge in [-0.1, -0.05) is 24.3 Å². The zero-order valence-corrected chi connectivity index (χ0v) is 13.3. The first kappa shape index (κ1) is 18.4. The third-order valence-electron chi connectivity index (χ3n) is 3.74. The van der Waals surface area contributed by atoms with Gasteiger partial charge in [-0.3, -0.25) is 10.2 Å². The van der Waals surface area contributed by atoms with E-state index in [-0.39, 0.29) is 18.2 Å². The normalized spacial score (nSPS) is 21.4. The number of hydrogen-bond donors (Lipinski definition) is 4. The third-order valence-corrected chi connectivity index (χ3v) is 3.74. The van der Waals surface area contributed by atoms with Crippen LogP contribution in [0.15, 0.2) is 24.3 Å². The first-order valence-electron chi connectivity index (χ1n) is 6.52. The summed E-state index contributed by atoms with van der Waals surface area (Å²) >= 11 is 0. The van der Waals surface area contributed by atoms with Crippen molar-refractivity contribution in [1.82, 2.24) is 10.2 Å². The van der Waals surface area contributed by atoms with Crippen LogP contribution < -0.4 is 11.1 Å². The number of imide groups is 1. The van der Waals surface area contributed by atoms with Crippen LogP contribution >= 0.6 is 12.4 Å². The summed E-state index contributed by atoms with van der Waals surface area (Å²) in [5, 5.41) is 18.9. The second kappa shape index (κ2) is 6.25. The fraction of sp³-hybridized carbons (Fsp3) is 0.286. The predicted octanol–water partition coefficient (Wildman–Crippen LogP) is 0.633. The molecule has 0 saturated carbocycles. The van der Waals surface area contributed by atoms with E-state index in [1.807, 2.05) is 0 Å². The number of urea groups is 1. The van der Waals surface area contributed by atoms with Crippen molar-refractivity contribution in [2.45, 2.75) is 25.4 Å². The van der Waals surface area contributed by atoms with Gasteiger partial charge in [0.1, 0.15) is 17.4 Å². The summed E-state index contributed by atoms with van der Waals surface area (Å²) in [5.74, 6) is -2.01. The van der Waals surface area contributed by atoms with Gasteiger partial charge in [0.05, 0.1) is 0 Å². The summed E-state index contributed by atoms with van der Waals surface area (Å²) in [4.78, 5) is 36.2. The van der Waals surface area contributed by atoms with E-state index in [0.29, 0.717) is 16.0 Å². The van der Waals surface area contributed by atoms with Gasteiger partial charge in [-0.15, -0.1) is 12.4 Å². The molecule has 2 atom stereocenters. The van der Waals surface area contributed by atoms with E-state index in [9.17, 15) is 14.4 Å². The number of carboxylic acids is 1. The SMILES string of the molecule is CC(C(=O)O)N1C(=O)N[C@@](C)(c2ccc(C(=N)N)cc2)C1=O.Cl. The van der Waals surface area contributed by atoms with Gasteiger partial charge in [-0.05, 0) is 19.4 Å². The summed E-state index contributed by atoms with van der Waals surface area (Å²) in [6.45, 7) is 2.77. The number of carbonyl (C=O) groups is 3. The number of nitrogen functional groups attached to an aromatic ring is 1. The van der Waals surface area contributed by atoms with Gasteiger partial charge < -0.3 is 16.2 Å². The van der Waals surface area contributed by atoms with Crippen LogP contribution in [0.1, 0.15) is 25.0 Å². The molecule has 0 spiro atoms. The molecule has 23 heavy (non-hydrogen) atoms. The summed E-state index contributed by atoms with van der Waals surface area (Å²) in [6, 6.07) is 4.26. The summed E-state index contributed by atoms with van der Waals surface area (Å²) in [7, 11) is 0. The standard InChI is InChI=1S/C14H16N4O4.ClH/c1-7(11(19)20)18-12(21)14(2,17-13(18)22)9-5-3-8(4-6-9)10(15)16;/h3-7H,1-2H3,(H3,15,16)(H,17,22)(H,19,20);1H/t7?,14-;/m0./s1. The molecule has 9 heteroatoms. The molecule has 8 nitrogen and oxygen atoms in total. The van der Waals surface area contributed by atoms with Gasteiger partial charge in [-0.25, -0.2) is 14.5 Å². The highest BCUT2D eigenvalue weighted by atomic mass is 35.5. The predicted molar refractivity (Wildman–Crippen MR) is 84.5 cm³/mol. The maximum atomic E-state index is 12.5. The number of benzene rings is 1. The van der Waals surface area contributed by atoms with Crippen LogP contribution in [0.5, 0.6) is 0 Å². The van der Waals surface area contributed by atoms with Crippen LogP contribution in [0, 0.1) is 5.41 Å². The fourth-order valence-corrected chi connectivity index (χ4v) is 2.30. The van der Waals surface area contributed by atoms with Crippen molar-refractivity contribution in [2.75, 3.05) is 0 Å². The molecule has 0 bridgehead atoms. The lowest BCUT2D eigenvalue weighted by Crippen LogP contribution is -2.45. The smallest absolute Gasteiger partial charge is 0.326 e. The van der Waals surface area contributed by atoms with Crippen LogP contribution in [0.3, 0.4) is 0 Å². The van der Waals surface area contributed by atoms with Crippen LogP contribution in [0.25, 0.3) is 0 Å². The van der Waals surface area contributed by atoms with Crippen LogP contribution in [-0.4, -0.2) is 39.8 Å². The van der Waals surface area contributed by atoms with E-state index in [1.54, 1.807) is 24.3 Å². The fourth-order valence-electron chi connectivity index (χ4n) is 2.30. The monoisotopic (exact) mass is 340 g/mol. The number of nitrogens with zero attached hydrogens (tertiary/aromatic N) is 1. The average Bonchev–Trinajstić information content (AvgIpc) is 2.69. The molecule has 1 unspecified atom stereocenters. The number of nitrogens with two attached hydrogens (primary N) is 1. The molecule has 0 aromatic heterocycles. The van der Waals surface area contributed by atoms with E-state index in [4.69, 9.17) is 16.2 Å². The Morgan fingerprint density at radius 3 is 2.30 bits per heavy atom. The van der Waals surface area contributed by atoms with E-state index in [2.05, 4.69) is 5.32 Å². The Morgan fingerprint density at radius 1 is 1.35 bits per heavy atom. The van der Waals surface area contributed by atoms with E-state index in [1.165, 1.54) is 13.8 Å². The van der Waals surface area contributed by atoms with Crippen molar-refractivity contribution in [3.8, 4) is 0 Å². The number of amides is 3. The van der Waals surface area contributed by atoms with Gasteiger partial charge in [0.25, 0.3) is 5.91 Å². The molecule has 5 N–H and O–H groups in total. The molecule has 1 fully saturated rings. The van der Waals surface area contributed by atoms with Crippen molar-refractivity contribution in [1.29, 1.82) is 5.41 Å². The molecule has 1 saturated heterocycles. The number of hydrogen-bond acceptors (Lipinski definition) is 4. The summed E-state index contributed by atoms with van der Waals surface area (Å²) in [6.07, 6.45) is 0. The minimum absolute atomic E-state index is 0. The zero-order chi connectivity index (χ0) is 16.7. The van der Waals surface area contributed by atoms with Gasteiger partial charge in [0, 0.05) is 5.56 Å². The number of nitrogens with one attached hydrogen (secondary N) is 2. The van der Waals surface area contributed by atoms with Crippen LogP contribution in [0.2, 0.25) is 0 Å². The molecule has 1 aromatic rings. The van der Waals surface area contributed by atoms with E-state index < -0.39 is 29.5 Å². The molecule has 0 aliphatic carbocycles. The number of rotatable bonds is 4. The van der Waals surface area contributed by atoms with Crippen molar-refractivity contribution >= 4 is 36.2 Å². The van der Waals surface area contributed by atoms with Crippen LogP contribution in [0.4, 0.5) is 4.79 Å². The summed E-state index contributed by atoms with van der Waals surface area (Å²) < 4.78 is 0. The maximum Gasteiger partial charge on any atom is 0.326 e. The Labute approximate surface area is 138 Å². The van der Waals surface area contributed by atoms with E-state index >= 15 is 0 Å². The summed E-state index contributed by atoms with van der Waals surface area (Å²) in [5.41, 5.74) is 4.99. The second-order valence-corrected chi connectivity index (χ2v) is 5.24. The zero-order valence-electron chi connectivity index (χ0n) is 12.5. The van der Waals surface area contributed by atoms with Gasteiger partial charge >= 0.3 is 12.0 Å². The Morgan fingerprint density at radius 2 is 1.87 bits per heavy atom. The molecule has 3 amide bonds. The molecule has 1 aromatic carbocycles. The molecular formula is C14H17ClN4O4. The minimum atomic E-state index is -1.35. The Bertz CT molecular complexity index is 676. The number of carboxylic acid groups (broad SMARTS) is 1. The number of carbonyl (C=O) groups excluding carboxylic acids is 2. The van der Waals surface area contributed by atoms with Gasteiger partial charge in [0.15, 0.2) is 0 Å². The highest BCUT2D eigenvalue weighted by Crippen LogP contribution is 2.30. The van der Waals surface area contributed by atoms with E-state index in [0.717, 1.165) is 0 Å².